The fraction of sp³-hybridized carbons (Fsp3) is 0.250. The van der Waals surface area contributed by atoms with E-state index >= 15 is 0 Å². The molecular weight excluding hydrogens is 316 g/mol. The SMILES string of the molecule is Cl.NCCCC(=O)Nc1ccc(Sc2nncs2)cc1. The Labute approximate surface area is 131 Å². The number of nitrogens with two attached hydrogens (primary N) is 1. The van der Waals surface area contributed by atoms with Crippen LogP contribution in [-0.4, -0.2) is 22.6 Å². The molecule has 0 aliphatic rings. The fourth-order valence-corrected chi connectivity index (χ4v) is 2.85. The van der Waals surface area contributed by atoms with E-state index in [4.69, 9.17) is 5.73 Å². The van der Waals surface area contributed by atoms with Gasteiger partial charge in [0.05, 0.1) is 0 Å². The van der Waals surface area contributed by atoms with E-state index in [1.807, 2.05) is 24.3 Å². The van der Waals surface area contributed by atoms with Crippen molar-refractivity contribution in [2.75, 3.05) is 11.9 Å². The third-order valence-electron chi connectivity index (χ3n) is 2.29. The molecule has 5 nitrogen and oxygen atoms in total. The van der Waals surface area contributed by atoms with Gasteiger partial charge in [-0.15, -0.1) is 22.6 Å². The Morgan fingerprint density at radius 3 is 2.70 bits per heavy atom. The van der Waals surface area contributed by atoms with E-state index in [1.54, 1.807) is 17.3 Å². The molecule has 1 heterocycles. The van der Waals surface area contributed by atoms with Crippen LogP contribution in [0.15, 0.2) is 39.0 Å². The zero-order valence-corrected chi connectivity index (χ0v) is 13.1. The van der Waals surface area contributed by atoms with Gasteiger partial charge < -0.3 is 11.1 Å². The molecule has 3 N–H and O–H groups in total. The standard InChI is InChI=1S/C12H14N4OS2.ClH/c13-7-1-2-11(17)15-9-3-5-10(6-4-9)19-12-16-14-8-18-12;/h3-6,8H,1-2,7,13H2,(H,15,17);1H. The molecule has 0 saturated carbocycles. The third-order valence-corrected chi connectivity index (χ3v) is 4.08. The summed E-state index contributed by atoms with van der Waals surface area (Å²) in [5, 5.41) is 10.6. The molecule has 0 bridgehead atoms. The number of rotatable bonds is 6. The lowest BCUT2D eigenvalue weighted by molar-refractivity contribution is -0.116. The zero-order chi connectivity index (χ0) is 13.5. The lowest BCUT2D eigenvalue weighted by Gasteiger charge is -2.05. The summed E-state index contributed by atoms with van der Waals surface area (Å²) in [7, 11) is 0. The van der Waals surface area contributed by atoms with Gasteiger partial charge in [-0.05, 0) is 37.2 Å². The van der Waals surface area contributed by atoms with E-state index in [9.17, 15) is 4.79 Å². The highest BCUT2D eigenvalue weighted by molar-refractivity contribution is 8.01. The topological polar surface area (TPSA) is 80.9 Å². The minimum Gasteiger partial charge on any atom is -0.330 e. The Hall–Kier alpha value is -1.15. The smallest absolute Gasteiger partial charge is 0.224 e. The number of anilines is 1. The van der Waals surface area contributed by atoms with Crippen molar-refractivity contribution in [3.05, 3.63) is 29.8 Å². The lowest BCUT2D eigenvalue weighted by atomic mass is 10.2. The van der Waals surface area contributed by atoms with Crippen molar-refractivity contribution in [3.8, 4) is 0 Å². The number of halogens is 1. The lowest BCUT2D eigenvalue weighted by Crippen LogP contribution is -2.13. The van der Waals surface area contributed by atoms with Gasteiger partial charge in [0, 0.05) is 17.0 Å². The maximum absolute atomic E-state index is 11.5. The molecular formula is C12H15ClN4OS2. The third kappa shape index (κ3) is 5.46. The Bertz CT molecular complexity index is 519. The highest BCUT2D eigenvalue weighted by Crippen LogP contribution is 2.29. The van der Waals surface area contributed by atoms with Crippen LogP contribution < -0.4 is 11.1 Å². The summed E-state index contributed by atoms with van der Waals surface area (Å²) in [6.45, 7) is 0.533. The monoisotopic (exact) mass is 330 g/mol. The van der Waals surface area contributed by atoms with Gasteiger partial charge in [0.1, 0.15) is 5.51 Å². The van der Waals surface area contributed by atoms with Crippen LogP contribution in [-0.2, 0) is 4.79 Å². The minimum absolute atomic E-state index is 0. The summed E-state index contributed by atoms with van der Waals surface area (Å²) in [5.41, 5.74) is 7.86. The molecule has 1 aromatic carbocycles. The van der Waals surface area contributed by atoms with Gasteiger partial charge in [-0.1, -0.05) is 23.1 Å². The molecule has 8 heteroatoms. The van der Waals surface area contributed by atoms with Gasteiger partial charge in [-0.25, -0.2) is 0 Å². The number of nitrogens with one attached hydrogen (secondary N) is 1. The Kier molecular flexibility index (Phi) is 7.53. The second kappa shape index (κ2) is 8.91. The summed E-state index contributed by atoms with van der Waals surface area (Å²) in [5.74, 6) is -0.00465. The van der Waals surface area contributed by atoms with Gasteiger partial charge in [-0.2, -0.15) is 0 Å². The van der Waals surface area contributed by atoms with Crippen LogP contribution in [0.5, 0.6) is 0 Å². The van der Waals surface area contributed by atoms with Crippen LogP contribution in [0.3, 0.4) is 0 Å². The largest absolute Gasteiger partial charge is 0.330 e. The van der Waals surface area contributed by atoms with E-state index in [2.05, 4.69) is 15.5 Å². The second-order valence-corrected chi connectivity index (χ2v) is 5.93. The second-order valence-electron chi connectivity index (χ2n) is 3.77. The normalized spacial score (nSPS) is 9.85. The number of hydrogen-bond acceptors (Lipinski definition) is 6. The highest BCUT2D eigenvalue weighted by atomic mass is 35.5. The van der Waals surface area contributed by atoms with Crippen LogP contribution in [0, 0.1) is 0 Å². The van der Waals surface area contributed by atoms with Crippen LogP contribution >= 0.6 is 35.5 Å². The number of carbonyl (C=O) groups is 1. The maximum atomic E-state index is 11.5. The first kappa shape index (κ1) is 16.9. The predicted octanol–water partition coefficient (Wildman–Crippen LogP) is 2.79. The van der Waals surface area contributed by atoms with Crippen molar-refractivity contribution in [3.63, 3.8) is 0 Å². The van der Waals surface area contributed by atoms with Crippen molar-refractivity contribution in [2.24, 2.45) is 5.73 Å². The number of carbonyl (C=O) groups excluding carboxylic acids is 1. The van der Waals surface area contributed by atoms with Crippen molar-refractivity contribution in [1.82, 2.24) is 10.2 Å². The molecule has 0 aliphatic carbocycles. The molecule has 0 radical (unpaired) electrons. The molecule has 2 aromatic rings. The zero-order valence-electron chi connectivity index (χ0n) is 10.6. The summed E-state index contributed by atoms with van der Waals surface area (Å²) < 4.78 is 0.903. The predicted molar refractivity (Wildman–Crippen MR) is 84.6 cm³/mol. The first-order valence-corrected chi connectivity index (χ1v) is 7.51. The van der Waals surface area contributed by atoms with E-state index in [0.29, 0.717) is 19.4 Å². The highest BCUT2D eigenvalue weighted by Gasteiger charge is 2.03. The van der Waals surface area contributed by atoms with E-state index in [0.717, 1.165) is 14.9 Å². The first-order valence-electron chi connectivity index (χ1n) is 5.82. The molecule has 0 fully saturated rings. The number of amides is 1. The number of nitrogens with zero attached hydrogens (tertiary/aromatic N) is 2. The van der Waals surface area contributed by atoms with Crippen molar-refractivity contribution in [1.29, 1.82) is 0 Å². The molecule has 1 amide bonds. The molecule has 1 aromatic heterocycles. The Balaban J connectivity index is 0.00000200. The molecule has 0 atom stereocenters. The molecule has 0 saturated heterocycles. The number of benzene rings is 1. The summed E-state index contributed by atoms with van der Waals surface area (Å²) in [6, 6.07) is 7.66. The van der Waals surface area contributed by atoms with Gasteiger partial charge in [0.2, 0.25) is 5.91 Å². The summed E-state index contributed by atoms with van der Waals surface area (Å²) in [4.78, 5) is 12.6. The number of hydrogen-bond donors (Lipinski definition) is 2. The van der Waals surface area contributed by atoms with Crippen LogP contribution in [0.25, 0.3) is 0 Å². The van der Waals surface area contributed by atoms with Crippen molar-refractivity contribution < 1.29 is 4.79 Å². The fourth-order valence-electron chi connectivity index (χ4n) is 1.40. The average molecular weight is 331 g/mol. The van der Waals surface area contributed by atoms with Gasteiger partial charge in [0.25, 0.3) is 0 Å². The Morgan fingerprint density at radius 2 is 2.10 bits per heavy atom. The first-order chi connectivity index (χ1) is 9.28. The van der Waals surface area contributed by atoms with E-state index in [1.165, 1.54) is 11.3 Å². The molecule has 0 spiro atoms. The van der Waals surface area contributed by atoms with Gasteiger partial charge in [-0.3, -0.25) is 4.79 Å². The maximum Gasteiger partial charge on any atom is 0.224 e. The average Bonchev–Trinajstić information content (AvgIpc) is 2.91. The molecule has 108 valence electrons. The van der Waals surface area contributed by atoms with Crippen LogP contribution in [0.4, 0.5) is 5.69 Å². The van der Waals surface area contributed by atoms with Crippen LogP contribution in [0.2, 0.25) is 0 Å². The molecule has 0 aliphatic heterocycles. The van der Waals surface area contributed by atoms with E-state index < -0.39 is 0 Å². The quantitative estimate of drug-likeness (QED) is 0.851. The summed E-state index contributed by atoms with van der Waals surface area (Å²) in [6.07, 6.45) is 1.16. The number of aromatic nitrogens is 2. The van der Waals surface area contributed by atoms with Gasteiger partial charge in [0.15, 0.2) is 4.34 Å². The molecule has 2 rings (SSSR count). The molecule has 20 heavy (non-hydrogen) atoms. The minimum atomic E-state index is -0.00465. The Morgan fingerprint density at radius 1 is 1.35 bits per heavy atom. The van der Waals surface area contributed by atoms with Crippen molar-refractivity contribution >= 4 is 47.1 Å². The van der Waals surface area contributed by atoms with Gasteiger partial charge >= 0.3 is 0 Å². The molecule has 0 unspecified atom stereocenters. The van der Waals surface area contributed by atoms with Crippen molar-refractivity contribution in [2.45, 2.75) is 22.1 Å². The van der Waals surface area contributed by atoms with Crippen LogP contribution in [0.1, 0.15) is 12.8 Å². The summed E-state index contributed by atoms with van der Waals surface area (Å²) >= 11 is 3.05. The van der Waals surface area contributed by atoms with E-state index in [-0.39, 0.29) is 18.3 Å².